The Hall–Kier alpha value is -3.08. The first-order valence-electron chi connectivity index (χ1n) is 8.84. The summed E-state index contributed by atoms with van der Waals surface area (Å²) in [4.78, 5) is 38.6. The molecular weight excluding hydrogens is 348 g/mol. The highest BCUT2D eigenvalue weighted by atomic mass is 16.5. The van der Waals surface area contributed by atoms with Crippen LogP contribution in [-0.2, 0) is 15.1 Å². The fourth-order valence-electron chi connectivity index (χ4n) is 3.66. The van der Waals surface area contributed by atoms with Gasteiger partial charge in [-0.2, -0.15) is 5.26 Å². The van der Waals surface area contributed by atoms with E-state index in [9.17, 15) is 19.6 Å². The number of nitrogens with one attached hydrogen (secondary N) is 2. The number of ether oxygens (including phenoxy) is 1. The number of methoxy groups -OCH3 is 1. The second-order valence-corrected chi connectivity index (χ2v) is 7.13. The van der Waals surface area contributed by atoms with Gasteiger partial charge in [0.15, 0.2) is 0 Å². The molecule has 1 aliphatic carbocycles. The number of imide groups is 1. The van der Waals surface area contributed by atoms with Gasteiger partial charge < -0.3 is 15.4 Å². The van der Waals surface area contributed by atoms with Crippen molar-refractivity contribution in [2.75, 3.05) is 13.7 Å². The predicted octanol–water partition coefficient (Wildman–Crippen LogP) is 1.41. The molecule has 0 unspecified atom stereocenters. The molecule has 2 N–H and O–H groups in total. The molecule has 0 spiro atoms. The van der Waals surface area contributed by atoms with Crippen LogP contribution in [0.4, 0.5) is 4.79 Å². The fourth-order valence-corrected chi connectivity index (χ4v) is 3.66. The normalized spacial score (nSPS) is 23.7. The molecule has 4 amide bonds. The average Bonchev–Trinajstić information content (AvgIpc) is 3.21. The van der Waals surface area contributed by atoms with Gasteiger partial charge in [0.1, 0.15) is 23.4 Å². The van der Waals surface area contributed by atoms with Crippen LogP contribution in [0.1, 0.15) is 38.2 Å². The Labute approximate surface area is 157 Å². The van der Waals surface area contributed by atoms with Crippen molar-refractivity contribution in [3.8, 4) is 11.8 Å². The summed E-state index contributed by atoms with van der Waals surface area (Å²) in [7, 11) is 1.52. The molecule has 1 atom stereocenters. The Morgan fingerprint density at radius 1 is 1.37 bits per heavy atom. The minimum Gasteiger partial charge on any atom is -0.497 e. The SMILES string of the molecule is COc1cccc([C@@]2(C)NC(=O)N(CC(=O)NC3(C#N)CCCC3)C2=O)c1. The van der Waals surface area contributed by atoms with Crippen LogP contribution in [0.15, 0.2) is 24.3 Å². The van der Waals surface area contributed by atoms with E-state index in [2.05, 4.69) is 16.7 Å². The van der Waals surface area contributed by atoms with Crippen LogP contribution >= 0.6 is 0 Å². The van der Waals surface area contributed by atoms with Crippen molar-refractivity contribution in [2.24, 2.45) is 0 Å². The first kappa shape index (κ1) is 18.7. The molecule has 1 aromatic carbocycles. The maximum atomic E-state index is 12.9. The number of nitriles is 1. The van der Waals surface area contributed by atoms with E-state index < -0.39 is 35.5 Å². The number of rotatable bonds is 5. The Morgan fingerprint density at radius 2 is 2.07 bits per heavy atom. The molecule has 1 aromatic rings. The zero-order valence-corrected chi connectivity index (χ0v) is 15.4. The minimum absolute atomic E-state index is 0.423. The lowest BCUT2D eigenvalue weighted by Gasteiger charge is -2.24. The largest absolute Gasteiger partial charge is 0.497 e. The summed E-state index contributed by atoms with van der Waals surface area (Å²) < 4.78 is 5.18. The van der Waals surface area contributed by atoms with Crippen LogP contribution in [0.5, 0.6) is 5.75 Å². The second-order valence-electron chi connectivity index (χ2n) is 7.13. The summed E-state index contributed by atoms with van der Waals surface area (Å²) in [6, 6.07) is 8.37. The summed E-state index contributed by atoms with van der Waals surface area (Å²) in [5.74, 6) is -0.477. The van der Waals surface area contributed by atoms with Gasteiger partial charge in [0.25, 0.3) is 5.91 Å². The van der Waals surface area contributed by atoms with Crippen molar-refractivity contribution in [2.45, 2.75) is 43.7 Å². The van der Waals surface area contributed by atoms with E-state index in [0.717, 1.165) is 17.7 Å². The molecule has 142 valence electrons. The van der Waals surface area contributed by atoms with Crippen molar-refractivity contribution in [3.05, 3.63) is 29.8 Å². The van der Waals surface area contributed by atoms with Gasteiger partial charge in [0.2, 0.25) is 5.91 Å². The number of carbonyl (C=O) groups excluding carboxylic acids is 3. The van der Waals surface area contributed by atoms with Gasteiger partial charge in [-0.05, 0) is 50.3 Å². The molecule has 8 heteroatoms. The molecule has 1 aliphatic heterocycles. The summed E-state index contributed by atoms with van der Waals surface area (Å²) in [6.45, 7) is 1.17. The number of nitrogens with zero attached hydrogens (tertiary/aromatic N) is 2. The minimum atomic E-state index is -1.29. The van der Waals surface area contributed by atoms with Gasteiger partial charge in [-0.3, -0.25) is 14.5 Å². The molecule has 2 aliphatic rings. The zero-order valence-electron chi connectivity index (χ0n) is 15.4. The van der Waals surface area contributed by atoms with E-state index in [-0.39, 0.29) is 0 Å². The average molecular weight is 370 g/mol. The van der Waals surface area contributed by atoms with Crippen molar-refractivity contribution in [1.29, 1.82) is 5.26 Å². The molecular formula is C19H22N4O4. The Bertz CT molecular complexity index is 825. The quantitative estimate of drug-likeness (QED) is 0.761. The van der Waals surface area contributed by atoms with Crippen LogP contribution in [0.25, 0.3) is 0 Å². The third-order valence-corrected chi connectivity index (χ3v) is 5.27. The maximum Gasteiger partial charge on any atom is 0.325 e. The molecule has 2 fully saturated rings. The van der Waals surface area contributed by atoms with E-state index in [1.165, 1.54) is 7.11 Å². The number of benzene rings is 1. The molecule has 0 aromatic heterocycles. The molecule has 3 rings (SSSR count). The van der Waals surface area contributed by atoms with Crippen LogP contribution in [0.3, 0.4) is 0 Å². The Morgan fingerprint density at radius 3 is 2.70 bits per heavy atom. The van der Waals surface area contributed by atoms with E-state index in [0.29, 0.717) is 24.2 Å². The van der Waals surface area contributed by atoms with Gasteiger partial charge in [0, 0.05) is 0 Å². The molecule has 1 saturated carbocycles. The van der Waals surface area contributed by atoms with Crippen LogP contribution in [0, 0.1) is 11.3 Å². The van der Waals surface area contributed by atoms with Gasteiger partial charge in [-0.25, -0.2) is 4.79 Å². The topological polar surface area (TPSA) is 112 Å². The Kier molecular flexibility index (Phi) is 4.79. The zero-order chi connectivity index (χ0) is 19.7. The molecule has 0 bridgehead atoms. The second kappa shape index (κ2) is 6.91. The number of amides is 4. The molecule has 0 radical (unpaired) electrons. The van der Waals surface area contributed by atoms with Crippen molar-refractivity contribution in [1.82, 2.24) is 15.5 Å². The van der Waals surface area contributed by atoms with E-state index in [1.807, 2.05) is 0 Å². The lowest BCUT2D eigenvalue weighted by Crippen LogP contribution is -2.50. The fraction of sp³-hybridized carbons (Fsp3) is 0.474. The van der Waals surface area contributed by atoms with Gasteiger partial charge in [0.05, 0.1) is 13.2 Å². The van der Waals surface area contributed by atoms with Gasteiger partial charge in [-0.15, -0.1) is 0 Å². The van der Waals surface area contributed by atoms with Gasteiger partial charge in [-0.1, -0.05) is 12.1 Å². The van der Waals surface area contributed by atoms with E-state index >= 15 is 0 Å². The summed E-state index contributed by atoms with van der Waals surface area (Å²) in [5, 5.41) is 14.7. The number of carbonyl (C=O) groups is 3. The number of hydrogen-bond acceptors (Lipinski definition) is 5. The molecule has 1 heterocycles. The van der Waals surface area contributed by atoms with E-state index in [4.69, 9.17) is 4.74 Å². The van der Waals surface area contributed by atoms with Crippen LogP contribution < -0.4 is 15.4 Å². The highest BCUT2D eigenvalue weighted by Gasteiger charge is 2.50. The molecule has 8 nitrogen and oxygen atoms in total. The van der Waals surface area contributed by atoms with Crippen LogP contribution in [-0.4, -0.2) is 41.9 Å². The van der Waals surface area contributed by atoms with Crippen molar-refractivity contribution >= 4 is 17.8 Å². The van der Waals surface area contributed by atoms with Gasteiger partial charge >= 0.3 is 6.03 Å². The molecule has 1 saturated heterocycles. The monoisotopic (exact) mass is 370 g/mol. The first-order chi connectivity index (χ1) is 12.8. The smallest absolute Gasteiger partial charge is 0.325 e. The highest BCUT2D eigenvalue weighted by Crippen LogP contribution is 2.31. The molecule has 27 heavy (non-hydrogen) atoms. The van der Waals surface area contributed by atoms with Crippen molar-refractivity contribution in [3.63, 3.8) is 0 Å². The summed E-state index contributed by atoms with van der Waals surface area (Å²) in [5.41, 5.74) is -1.62. The first-order valence-corrected chi connectivity index (χ1v) is 8.84. The predicted molar refractivity (Wildman–Crippen MR) is 95.5 cm³/mol. The highest BCUT2D eigenvalue weighted by molar-refractivity contribution is 6.09. The van der Waals surface area contributed by atoms with E-state index in [1.54, 1.807) is 31.2 Å². The third-order valence-electron chi connectivity index (χ3n) is 5.27. The Balaban J connectivity index is 1.76. The van der Waals surface area contributed by atoms with Crippen LogP contribution in [0.2, 0.25) is 0 Å². The summed E-state index contributed by atoms with van der Waals surface area (Å²) >= 11 is 0. The standard InChI is InChI=1S/C19H22N4O4/c1-18(13-6-5-7-14(10-13)27-2)16(25)23(17(26)22-18)11-15(24)21-19(12-20)8-3-4-9-19/h5-7,10H,3-4,8-9,11H2,1-2H3,(H,21,24)(H,22,26)/t18-/m1/s1. The lowest BCUT2D eigenvalue weighted by molar-refractivity contribution is -0.135. The maximum absolute atomic E-state index is 12.9. The van der Waals surface area contributed by atoms with Crippen molar-refractivity contribution < 1.29 is 19.1 Å². The number of urea groups is 1. The number of hydrogen-bond donors (Lipinski definition) is 2. The third kappa shape index (κ3) is 3.33. The lowest BCUT2D eigenvalue weighted by atomic mass is 9.92. The summed E-state index contributed by atoms with van der Waals surface area (Å²) in [6.07, 6.45) is 2.89.